The quantitative estimate of drug-likeness (QED) is 0.813. The van der Waals surface area contributed by atoms with Gasteiger partial charge < -0.3 is 10.2 Å². The third-order valence-corrected chi connectivity index (χ3v) is 6.79. The van der Waals surface area contributed by atoms with Crippen LogP contribution in [0.5, 0.6) is 0 Å². The molecule has 0 saturated carbocycles. The number of anilines is 2. The number of rotatable bonds is 4. The fraction of sp³-hybridized carbons (Fsp3) is 0.364. The van der Waals surface area contributed by atoms with Gasteiger partial charge in [0.15, 0.2) is 0 Å². The predicted molar refractivity (Wildman–Crippen MR) is 116 cm³/mol. The summed E-state index contributed by atoms with van der Waals surface area (Å²) in [6, 6.07) is 12.0. The summed E-state index contributed by atoms with van der Waals surface area (Å²) >= 11 is 0. The number of nitrogens with one attached hydrogen (secondary N) is 1. The number of piperidine rings is 1. The van der Waals surface area contributed by atoms with Crippen molar-refractivity contribution < 1.29 is 18.0 Å². The van der Waals surface area contributed by atoms with Gasteiger partial charge in [-0.15, -0.1) is 0 Å². The van der Waals surface area contributed by atoms with Crippen LogP contribution in [0.4, 0.5) is 11.4 Å². The van der Waals surface area contributed by atoms with Crippen molar-refractivity contribution in [1.82, 2.24) is 4.90 Å². The number of hydrogen-bond acceptors (Lipinski definition) is 4. The molecule has 8 heteroatoms. The summed E-state index contributed by atoms with van der Waals surface area (Å²) < 4.78 is 25.1. The van der Waals surface area contributed by atoms with Crippen LogP contribution in [0.3, 0.4) is 0 Å². The molecule has 2 aromatic carbocycles. The molecule has 4 rings (SSSR count). The van der Waals surface area contributed by atoms with E-state index >= 15 is 0 Å². The molecule has 1 N–H and O–H groups in total. The van der Waals surface area contributed by atoms with Gasteiger partial charge in [-0.25, -0.2) is 8.42 Å². The molecule has 158 valence electrons. The van der Waals surface area contributed by atoms with Crippen LogP contribution in [-0.2, 0) is 16.4 Å². The van der Waals surface area contributed by atoms with Crippen LogP contribution in [0.2, 0.25) is 0 Å². The van der Waals surface area contributed by atoms with Crippen LogP contribution in [0.15, 0.2) is 42.5 Å². The van der Waals surface area contributed by atoms with Gasteiger partial charge in [-0.2, -0.15) is 0 Å². The van der Waals surface area contributed by atoms with Crippen LogP contribution in [0.25, 0.3) is 0 Å². The van der Waals surface area contributed by atoms with E-state index < -0.39 is 10.0 Å². The van der Waals surface area contributed by atoms with Crippen molar-refractivity contribution in [2.45, 2.75) is 25.7 Å². The molecule has 0 spiro atoms. The minimum absolute atomic E-state index is 0.0100. The fourth-order valence-corrected chi connectivity index (χ4v) is 5.03. The monoisotopic (exact) mass is 427 g/mol. The molecule has 0 bridgehead atoms. The van der Waals surface area contributed by atoms with Gasteiger partial charge in [-0.3, -0.25) is 13.9 Å². The summed E-state index contributed by atoms with van der Waals surface area (Å²) in [6.45, 7) is 1.93. The molecule has 1 fully saturated rings. The molecule has 2 amide bonds. The molecule has 30 heavy (non-hydrogen) atoms. The zero-order valence-corrected chi connectivity index (χ0v) is 17.7. The standard InChI is InChI=1S/C22H25N3O4S/c1-30(28,29)25-13-10-16-14-17(8-9-20(16)25)21(26)23-19-7-5-6-18(15-19)22(27)24-11-3-2-4-12-24/h5-9,14-15H,2-4,10-13H2,1H3,(H,23,26). The Balaban J connectivity index is 1.49. The van der Waals surface area contributed by atoms with Crippen molar-refractivity contribution in [3.8, 4) is 0 Å². The molecule has 2 heterocycles. The Bertz CT molecular complexity index is 1090. The van der Waals surface area contributed by atoms with E-state index in [-0.39, 0.29) is 11.8 Å². The largest absolute Gasteiger partial charge is 0.339 e. The number of likely N-dealkylation sites (tertiary alicyclic amines) is 1. The molecule has 0 unspecified atom stereocenters. The lowest BCUT2D eigenvalue weighted by Gasteiger charge is -2.26. The number of nitrogens with zero attached hydrogens (tertiary/aromatic N) is 2. The average Bonchev–Trinajstić information content (AvgIpc) is 3.18. The Morgan fingerprint density at radius 2 is 1.70 bits per heavy atom. The molecule has 0 aliphatic carbocycles. The van der Waals surface area contributed by atoms with Gasteiger partial charge in [0.05, 0.1) is 11.9 Å². The van der Waals surface area contributed by atoms with Crippen molar-refractivity contribution in [3.63, 3.8) is 0 Å². The molecule has 7 nitrogen and oxygen atoms in total. The third-order valence-electron chi connectivity index (χ3n) is 5.61. The molecule has 2 aliphatic rings. The summed E-state index contributed by atoms with van der Waals surface area (Å²) in [7, 11) is -3.32. The molecule has 0 aromatic heterocycles. The van der Waals surface area contributed by atoms with Crippen LogP contribution < -0.4 is 9.62 Å². The van der Waals surface area contributed by atoms with Gasteiger partial charge in [-0.05, 0) is 67.6 Å². The van der Waals surface area contributed by atoms with Gasteiger partial charge in [0.25, 0.3) is 11.8 Å². The minimum Gasteiger partial charge on any atom is -0.339 e. The first-order valence-electron chi connectivity index (χ1n) is 10.1. The Labute approximate surface area is 176 Å². The molecule has 1 saturated heterocycles. The fourth-order valence-electron chi connectivity index (χ4n) is 4.07. The Morgan fingerprint density at radius 1 is 0.933 bits per heavy atom. The van der Waals surface area contributed by atoms with Crippen molar-refractivity contribution in [3.05, 3.63) is 59.2 Å². The lowest BCUT2D eigenvalue weighted by molar-refractivity contribution is 0.0724. The number of fused-ring (bicyclic) bond motifs is 1. The zero-order valence-electron chi connectivity index (χ0n) is 16.9. The topological polar surface area (TPSA) is 86.8 Å². The highest BCUT2D eigenvalue weighted by Gasteiger charge is 2.27. The highest BCUT2D eigenvalue weighted by Crippen LogP contribution is 2.31. The second kappa shape index (κ2) is 8.10. The third kappa shape index (κ3) is 4.18. The summed E-state index contributed by atoms with van der Waals surface area (Å²) in [5.74, 6) is -0.303. The molecule has 2 aromatic rings. The average molecular weight is 428 g/mol. The normalized spacial score (nSPS) is 16.3. The molecular formula is C22H25N3O4S. The van der Waals surface area contributed by atoms with E-state index in [2.05, 4.69) is 5.32 Å². The van der Waals surface area contributed by atoms with E-state index in [0.29, 0.717) is 35.5 Å². The summed E-state index contributed by atoms with van der Waals surface area (Å²) in [4.78, 5) is 27.3. The van der Waals surface area contributed by atoms with Crippen LogP contribution in [-0.4, -0.2) is 51.0 Å². The molecule has 0 atom stereocenters. The van der Waals surface area contributed by atoms with Crippen molar-refractivity contribution in [1.29, 1.82) is 0 Å². The number of sulfonamides is 1. The maximum absolute atomic E-state index is 12.7. The summed E-state index contributed by atoms with van der Waals surface area (Å²) in [5.41, 5.74) is 3.04. The van der Waals surface area contributed by atoms with Gasteiger partial charge in [0.2, 0.25) is 10.0 Å². The first-order valence-corrected chi connectivity index (χ1v) is 12.0. The van der Waals surface area contributed by atoms with Gasteiger partial charge in [0, 0.05) is 36.4 Å². The van der Waals surface area contributed by atoms with Gasteiger partial charge in [0.1, 0.15) is 0 Å². The number of carbonyl (C=O) groups is 2. The Morgan fingerprint density at radius 3 is 2.43 bits per heavy atom. The number of amides is 2. The SMILES string of the molecule is CS(=O)(=O)N1CCc2cc(C(=O)Nc3cccc(C(=O)N4CCCCC4)c3)ccc21. The van der Waals surface area contributed by atoms with E-state index in [4.69, 9.17) is 0 Å². The van der Waals surface area contributed by atoms with Crippen LogP contribution >= 0.6 is 0 Å². The molecule has 2 aliphatic heterocycles. The van der Waals surface area contributed by atoms with E-state index in [9.17, 15) is 18.0 Å². The second-order valence-corrected chi connectivity index (χ2v) is 9.72. The highest BCUT2D eigenvalue weighted by molar-refractivity contribution is 7.92. The first-order chi connectivity index (χ1) is 14.3. The van der Waals surface area contributed by atoms with Crippen LogP contribution in [0.1, 0.15) is 45.5 Å². The molecule has 0 radical (unpaired) electrons. The number of benzene rings is 2. The van der Waals surface area contributed by atoms with E-state index in [1.54, 1.807) is 42.5 Å². The smallest absolute Gasteiger partial charge is 0.255 e. The Hall–Kier alpha value is -2.87. The second-order valence-electron chi connectivity index (χ2n) is 7.82. The first kappa shape index (κ1) is 20.4. The van der Waals surface area contributed by atoms with Crippen molar-refractivity contribution >= 4 is 33.2 Å². The van der Waals surface area contributed by atoms with E-state index in [1.807, 2.05) is 4.90 Å². The lowest BCUT2D eigenvalue weighted by atomic mass is 10.1. The lowest BCUT2D eigenvalue weighted by Crippen LogP contribution is -2.35. The van der Waals surface area contributed by atoms with E-state index in [1.165, 1.54) is 10.6 Å². The highest BCUT2D eigenvalue weighted by atomic mass is 32.2. The minimum atomic E-state index is -3.32. The zero-order chi connectivity index (χ0) is 21.3. The van der Waals surface area contributed by atoms with Crippen molar-refractivity contribution in [2.24, 2.45) is 0 Å². The van der Waals surface area contributed by atoms with Crippen LogP contribution in [0, 0.1) is 0 Å². The van der Waals surface area contributed by atoms with Gasteiger partial charge >= 0.3 is 0 Å². The summed E-state index contributed by atoms with van der Waals surface area (Å²) in [5, 5.41) is 2.85. The van der Waals surface area contributed by atoms with Gasteiger partial charge in [-0.1, -0.05) is 6.07 Å². The Kier molecular flexibility index (Phi) is 5.51. The van der Waals surface area contributed by atoms with Crippen molar-refractivity contribution in [2.75, 3.05) is 35.5 Å². The molecular weight excluding hydrogens is 402 g/mol. The summed E-state index contributed by atoms with van der Waals surface area (Å²) in [6.07, 6.45) is 4.96. The maximum atomic E-state index is 12.7. The predicted octanol–water partition coefficient (Wildman–Crippen LogP) is 2.89. The number of carbonyl (C=O) groups excluding carboxylic acids is 2. The number of hydrogen-bond donors (Lipinski definition) is 1. The van der Waals surface area contributed by atoms with E-state index in [0.717, 1.165) is 37.9 Å². The maximum Gasteiger partial charge on any atom is 0.255 e.